The van der Waals surface area contributed by atoms with Crippen molar-refractivity contribution in [2.45, 2.75) is 33.2 Å². The van der Waals surface area contributed by atoms with Gasteiger partial charge in [-0.2, -0.15) is 5.10 Å². The van der Waals surface area contributed by atoms with Gasteiger partial charge in [-0.1, -0.05) is 47.2 Å². The number of hydrogen-bond donors (Lipinski definition) is 1. The molecule has 1 amide bonds. The molecule has 1 N–H and O–H groups in total. The number of morpholine rings is 1. The van der Waals surface area contributed by atoms with Crippen molar-refractivity contribution in [2.75, 3.05) is 32.8 Å². The Balaban J connectivity index is 1.70. The Morgan fingerprint density at radius 2 is 1.81 bits per heavy atom. The van der Waals surface area contributed by atoms with Crippen LogP contribution in [0.4, 0.5) is 0 Å². The molecule has 0 saturated carbocycles. The monoisotopic (exact) mass is 524 g/mol. The number of amides is 1. The van der Waals surface area contributed by atoms with Crippen molar-refractivity contribution in [3.05, 3.63) is 69.3 Å². The zero-order chi connectivity index (χ0) is 25.9. The molecule has 188 valence electrons. The Hall–Kier alpha value is -2.82. The van der Waals surface area contributed by atoms with Gasteiger partial charge in [-0.25, -0.2) is 4.68 Å². The van der Waals surface area contributed by atoms with Crippen molar-refractivity contribution in [3.63, 3.8) is 0 Å². The Morgan fingerprint density at radius 3 is 2.44 bits per heavy atom. The van der Waals surface area contributed by atoms with Crippen LogP contribution < -0.4 is 5.32 Å². The molecule has 6 nitrogen and oxygen atoms in total. The predicted molar refractivity (Wildman–Crippen MR) is 145 cm³/mol. The molecule has 4 rings (SSSR count). The summed E-state index contributed by atoms with van der Waals surface area (Å²) in [7, 11) is 0. The SMILES string of the molecule is Cc1c(C(=O)NC(C)(C)C)nn(-c2ccc(C#CCN3CCOCC3)cc2Cl)c1-c1ccc(Cl)cc1. The van der Waals surface area contributed by atoms with Gasteiger partial charge in [0.1, 0.15) is 0 Å². The Kier molecular flexibility index (Phi) is 8.07. The van der Waals surface area contributed by atoms with Crippen molar-refractivity contribution in [1.82, 2.24) is 20.0 Å². The van der Waals surface area contributed by atoms with Crippen LogP contribution in [0.5, 0.6) is 0 Å². The number of nitrogens with zero attached hydrogens (tertiary/aromatic N) is 3. The zero-order valence-corrected chi connectivity index (χ0v) is 22.5. The van der Waals surface area contributed by atoms with Crippen LogP contribution in [-0.2, 0) is 4.74 Å². The van der Waals surface area contributed by atoms with Gasteiger partial charge < -0.3 is 10.1 Å². The van der Waals surface area contributed by atoms with E-state index in [1.807, 2.05) is 70.2 Å². The molecule has 3 aromatic rings. The van der Waals surface area contributed by atoms with Crippen LogP contribution in [0.2, 0.25) is 10.0 Å². The minimum Gasteiger partial charge on any atom is -0.379 e. The maximum absolute atomic E-state index is 13.1. The van der Waals surface area contributed by atoms with Crippen molar-refractivity contribution in [3.8, 4) is 28.8 Å². The first-order valence-electron chi connectivity index (χ1n) is 11.9. The van der Waals surface area contributed by atoms with Crippen molar-refractivity contribution in [2.24, 2.45) is 0 Å². The Bertz CT molecular complexity index is 1310. The summed E-state index contributed by atoms with van der Waals surface area (Å²) >= 11 is 12.9. The first-order chi connectivity index (χ1) is 17.1. The lowest BCUT2D eigenvalue weighted by Gasteiger charge is -2.24. The van der Waals surface area contributed by atoms with Gasteiger partial charge in [-0.15, -0.1) is 0 Å². The van der Waals surface area contributed by atoms with E-state index in [1.54, 1.807) is 4.68 Å². The third-order valence-corrected chi connectivity index (χ3v) is 6.31. The van der Waals surface area contributed by atoms with Gasteiger partial charge in [0, 0.05) is 40.3 Å². The number of ether oxygens (including phenoxy) is 1. The molecule has 0 spiro atoms. The Morgan fingerprint density at radius 1 is 1.11 bits per heavy atom. The molecule has 8 heteroatoms. The smallest absolute Gasteiger partial charge is 0.272 e. The fourth-order valence-corrected chi connectivity index (χ4v) is 4.39. The number of rotatable bonds is 4. The number of nitrogens with one attached hydrogen (secondary N) is 1. The summed E-state index contributed by atoms with van der Waals surface area (Å²) < 4.78 is 7.11. The highest BCUT2D eigenvalue weighted by atomic mass is 35.5. The van der Waals surface area contributed by atoms with E-state index in [2.05, 4.69) is 22.1 Å². The highest BCUT2D eigenvalue weighted by Crippen LogP contribution is 2.32. The number of hydrogen-bond acceptors (Lipinski definition) is 4. The summed E-state index contributed by atoms with van der Waals surface area (Å²) in [5.41, 5.74) is 3.85. The second kappa shape index (κ2) is 11.1. The molecule has 0 radical (unpaired) electrons. The van der Waals surface area contributed by atoms with Crippen LogP contribution in [0, 0.1) is 18.8 Å². The van der Waals surface area contributed by atoms with E-state index < -0.39 is 5.54 Å². The molecule has 2 aromatic carbocycles. The van der Waals surface area contributed by atoms with Gasteiger partial charge in [0.2, 0.25) is 0 Å². The van der Waals surface area contributed by atoms with Crippen LogP contribution >= 0.6 is 23.2 Å². The van der Waals surface area contributed by atoms with Crippen molar-refractivity contribution >= 4 is 29.1 Å². The van der Waals surface area contributed by atoms with Crippen molar-refractivity contribution in [1.29, 1.82) is 0 Å². The average Bonchev–Trinajstić information content (AvgIpc) is 3.16. The first kappa shape index (κ1) is 26.2. The second-order valence-electron chi connectivity index (χ2n) is 9.80. The van der Waals surface area contributed by atoms with Gasteiger partial charge in [-0.05, 0) is 58.0 Å². The van der Waals surface area contributed by atoms with E-state index in [4.69, 9.17) is 33.0 Å². The fraction of sp³-hybridized carbons (Fsp3) is 0.357. The molecule has 0 atom stereocenters. The summed E-state index contributed by atoms with van der Waals surface area (Å²) in [5.74, 6) is 6.18. The zero-order valence-electron chi connectivity index (χ0n) is 21.0. The lowest BCUT2D eigenvalue weighted by atomic mass is 10.0. The number of carbonyl (C=O) groups is 1. The van der Waals surface area contributed by atoms with E-state index in [0.29, 0.717) is 28.0 Å². The molecule has 1 aromatic heterocycles. The summed E-state index contributed by atoms with van der Waals surface area (Å²) in [5, 5.41) is 8.84. The van der Waals surface area contributed by atoms with E-state index in [0.717, 1.165) is 48.7 Å². The lowest BCUT2D eigenvalue weighted by molar-refractivity contribution is 0.0443. The number of benzene rings is 2. The minimum absolute atomic E-state index is 0.240. The first-order valence-corrected chi connectivity index (χ1v) is 12.6. The van der Waals surface area contributed by atoms with E-state index >= 15 is 0 Å². The van der Waals surface area contributed by atoms with Gasteiger partial charge in [0.25, 0.3) is 5.91 Å². The van der Waals surface area contributed by atoms with Gasteiger partial charge in [-0.3, -0.25) is 9.69 Å². The summed E-state index contributed by atoms with van der Waals surface area (Å²) in [4.78, 5) is 15.3. The molecule has 2 heterocycles. The minimum atomic E-state index is -0.396. The molecule has 1 aliphatic heterocycles. The molecule has 0 unspecified atom stereocenters. The largest absolute Gasteiger partial charge is 0.379 e. The normalized spacial score (nSPS) is 14.3. The van der Waals surface area contributed by atoms with Crippen LogP contribution in [0.3, 0.4) is 0 Å². The summed E-state index contributed by atoms with van der Waals surface area (Å²) in [6.45, 7) is 11.7. The highest BCUT2D eigenvalue weighted by Gasteiger charge is 2.25. The average molecular weight is 525 g/mol. The van der Waals surface area contributed by atoms with E-state index in [9.17, 15) is 4.79 Å². The molecule has 36 heavy (non-hydrogen) atoms. The molecule has 1 aliphatic rings. The van der Waals surface area contributed by atoms with Crippen LogP contribution in [0.15, 0.2) is 42.5 Å². The lowest BCUT2D eigenvalue weighted by Crippen LogP contribution is -2.41. The van der Waals surface area contributed by atoms with Crippen LogP contribution in [0.25, 0.3) is 16.9 Å². The van der Waals surface area contributed by atoms with Crippen LogP contribution in [-0.4, -0.2) is 59.0 Å². The van der Waals surface area contributed by atoms with E-state index in [1.165, 1.54) is 0 Å². The fourth-order valence-electron chi connectivity index (χ4n) is 4.00. The van der Waals surface area contributed by atoms with Gasteiger partial charge in [0.15, 0.2) is 5.69 Å². The number of aromatic nitrogens is 2. The quantitative estimate of drug-likeness (QED) is 0.466. The Labute approximate surface area is 222 Å². The maximum Gasteiger partial charge on any atom is 0.272 e. The van der Waals surface area contributed by atoms with Crippen LogP contribution in [0.1, 0.15) is 42.4 Å². The molecule has 0 aliphatic carbocycles. The van der Waals surface area contributed by atoms with E-state index in [-0.39, 0.29) is 5.91 Å². The van der Waals surface area contributed by atoms with Crippen molar-refractivity contribution < 1.29 is 9.53 Å². The van der Waals surface area contributed by atoms with Gasteiger partial charge in [0.05, 0.1) is 36.2 Å². The molecule has 0 bridgehead atoms. The summed E-state index contributed by atoms with van der Waals surface area (Å²) in [6, 6.07) is 13.1. The number of carbonyl (C=O) groups excluding carboxylic acids is 1. The molecular weight excluding hydrogens is 495 g/mol. The maximum atomic E-state index is 13.1. The second-order valence-corrected chi connectivity index (χ2v) is 10.6. The third-order valence-electron chi connectivity index (χ3n) is 5.76. The molecular formula is C28H30Cl2N4O2. The number of halogens is 2. The molecule has 1 fully saturated rings. The standard InChI is InChI=1S/C28H30Cl2N4O2/c1-19-25(27(35)31-28(2,3)4)32-34(26(19)21-8-10-22(29)11-9-21)24-12-7-20(18-23(24)30)6-5-13-33-14-16-36-17-15-33/h7-12,18H,13-17H2,1-4H3,(H,31,35). The highest BCUT2D eigenvalue weighted by molar-refractivity contribution is 6.32. The van der Waals surface area contributed by atoms with Gasteiger partial charge >= 0.3 is 0 Å². The topological polar surface area (TPSA) is 59.4 Å². The predicted octanol–water partition coefficient (Wildman–Crippen LogP) is 5.37. The summed E-state index contributed by atoms with van der Waals surface area (Å²) in [6.07, 6.45) is 0. The molecule has 1 saturated heterocycles. The third kappa shape index (κ3) is 6.29.